The van der Waals surface area contributed by atoms with Crippen molar-refractivity contribution < 1.29 is 23.9 Å². The van der Waals surface area contributed by atoms with Crippen LogP contribution in [0.3, 0.4) is 0 Å². The third-order valence-corrected chi connectivity index (χ3v) is 2.78. The molecule has 0 aliphatic carbocycles. The van der Waals surface area contributed by atoms with E-state index in [2.05, 4.69) is 15.4 Å². The van der Waals surface area contributed by atoms with Gasteiger partial charge in [0.25, 0.3) is 5.91 Å². The number of benzene rings is 1. The highest BCUT2D eigenvalue weighted by atomic mass is 16.5. The Kier molecular flexibility index (Phi) is 7.63. The van der Waals surface area contributed by atoms with Crippen LogP contribution >= 0.6 is 0 Å². The molecule has 1 rings (SSSR count). The number of hydrogen-bond acceptors (Lipinski definition) is 5. The average molecular weight is 308 g/mol. The molecule has 0 atom stereocenters. The molecule has 0 heterocycles. The summed E-state index contributed by atoms with van der Waals surface area (Å²) in [5, 5.41) is 5.32. The molecule has 0 fully saturated rings. The average Bonchev–Trinajstić information content (AvgIpc) is 2.53. The van der Waals surface area contributed by atoms with Crippen LogP contribution in [0.1, 0.15) is 23.2 Å². The Morgan fingerprint density at radius 1 is 1.14 bits per heavy atom. The molecule has 0 spiro atoms. The van der Waals surface area contributed by atoms with Gasteiger partial charge in [-0.25, -0.2) is 0 Å². The molecule has 0 saturated carbocycles. The summed E-state index contributed by atoms with van der Waals surface area (Å²) >= 11 is 0. The second-order valence-corrected chi connectivity index (χ2v) is 4.45. The predicted octanol–water partition coefficient (Wildman–Crippen LogP) is 0.954. The zero-order chi connectivity index (χ0) is 16.4. The highest BCUT2D eigenvalue weighted by molar-refractivity contribution is 5.97. The Balaban J connectivity index is 2.54. The Labute approximate surface area is 129 Å². The summed E-state index contributed by atoms with van der Waals surface area (Å²) in [6.45, 7) is 0.834. The van der Waals surface area contributed by atoms with Gasteiger partial charge in [0.15, 0.2) is 0 Å². The maximum atomic E-state index is 11.9. The lowest BCUT2D eigenvalue weighted by molar-refractivity contribution is -0.141. The third kappa shape index (κ3) is 6.36. The first-order valence-electron chi connectivity index (χ1n) is 6.80. The minimum Gasteiger partial charge on any atom is -0.469 e. The number of esters is 1. The molecule has 0 radical (unpaired) electrons. The van der Waals surface area contributed by atoms with Crippen LogP contribution in [0.15, 0.2) is 24.3 Å². The van der Waals surface area contributed by atoms with Crippen molar-refractivity contribution in [3.63, 3.8) is 0 Å². The van der Waals surface area contributed by atoms with Crippen LogP contribution in [-0.4, -0.2) is 45.2 Å². The fraction of sp³-hybridized carbons (Fsp3) is 0.400. The zero-order valence-electron chi connectivity index (χ0n) is 12.7. The minimum atomic E-state index is -0.443. The number of nitrogens with one attached hydrogen (secondary N) is 2. The highest BCUT2D eigenvalue weighted by Gasteiger charge is 2.09. The van der Waals surface area contributed by atoms with E-state index in [0.717, 1.165) is 0 Å². The molecule has 0 aliphatic rings. The second kappa shape index (κ2) is 9.51. The predicted molar refractivity (Wildman–Crippen MR) is 80.5 cm³/mol. The van der Waals surface area contributed by atoms with Gasteiger partial charge in [-0.2, -0.15) is 0 Å². The first-order chi connectivity index (χ1) is 10.6. The number of carbonyl (C=O) groups is 3. The maximum absolute atomic E-state index is 11.9. The zero-order valence-corrected chi connectivity index (χ0v) is 12.7. The van der Waals surface area contributed by atoms with E-state index in [1.54, 1.807) is 31.4 Å². The fourth-order valence-corrected chi connectivity index (χ4v) is 1.65. The van der Waals surface area contributed by atoms with Crippen LogP contribution in [0.5, 0.6) is 0 Å². The number of methoxy groups -OCH3 is 2. The number of anilines is 1. The lowest BCUT2D eigenvalue weighted by atomic mass is 10.2. The molecule has 1 aromatic carbocycles. The van der Waals surface area contributed by atoms with Crippen LogP contribution < -0.4 is 10.6 Å². The monoisotopic (exact) mass is 308 g/mol. The Morgan fingerprint density at radius 3 is 2.59 bits per heavy atom. The van der Waals surface area contributed by atoms with Gasteiger partial charge in [0, 0.05) is 31.3 Å². The second-order valence-electron chi connectivity index (χ2n) is 4.45. The van der Waals surface area contributed by atoms with E-state index >= 15 is 0 Å². The molecule has 0 saturated heterocycles. The molecular formula is C15H20N2O5. The molecule has 2 N–H and O–H groups in total. The minimum absolute atomic E-state index is 0.0134. The van der Waals surface area contributed by atoms with Gasteiger partial charge in [-0.3, -0.25) is 14.4 Å². The van der Waals surface area contributed by atoms with Crippen molar-refractivity contribution in [1.82, 2.24) is 5.32 Å². The van der Waals surface area contributed by atoms with E-state index in [9.17, 15) is 14.4 Å². The van der Waals surface area contributed by atoms with E-state index in [1.165, 1.54) is 7.11 Å². The molecule has 0 aromatic heterocycles. The Morgan fingerprint density at radius 2 is 1.91 bits per heavy atom. The van der Waals surface area contributed by atoms with Crippen molar-refractivity contribution in [3.05, 3.63) is 29.8 Å². The quantitative estimate of drug-likeness (QED) is 0.551. The van der Waals surface area contributed by atoms with Gasteiger partial charge >= 0.3 is 5.97 Å². The van der Waals surface area contributed by atoms with Crippen LogP contribution in [-0.2, 0) is 19.1 Å². The summed E-state index contributed by atoms with van der Waals surface area (Å²) in [6, 6.07) is 6.55. The van der Waals surface area contributed by atoms with Crippen molar-refractivity contribution in [1.29, 1.82) is 0 Å². The molecule has 2 amide bonds. The van der Waals surface area contributed by atoms with Gasteiger partial charge < -0.3 is 20.1 Å². The lowest BCUT2D eigenvalue weighted by Crippen LogP contribution is -2.27. The molecule has 22 heavy (non-hydrogen) atoms. The number of rotatable bonds is 8. The maximum Gasteiger partial charge on any atom is 0.306 e. The van der Waals surface area contributed by atoms with E-state index in [4.69, 9.17) is 4.74 Å². The van der Waals surface area contributed by atoms with Crippen molar-refractivity contribution >= 4 is 23.5 Å². The van der Waals surface area contributed by atoms with E-state index in [1.807, 2.05) is 0 Å². The number of carbonyl (C=O) groups excluding carboxylic acids is 3. The van der Waals surface area contributed by atoms with Gasteiger partial charge in [-0.15, -0.1) is 0 Å². The largest absolute Gasteiger partial charge is 0.469 e. The first-order valence-corrected chi connectivity index (χ1v) is 6.80. The molecule has 1 aromatic rings. The van der Waals surface area contributed by atoms with E-state index in [-0.39, 0.29) is 24.7 Å². The number of amides is 2. The van der Waals surface area contributed by atoms with Gasteiger partial charge in [-0.05, 0) is 18.2 Å². The van der Waals surface area contributed by atoms with Gasteiger partial charge in [-0.1, -0.05) is 6.07 Å². The van der Waals surface area contributed by atoms with Gasteiger partial charge in [0.1, 0.15) is 0 Å². The summed E-state index contributed by atoms with van der Waals surface area (Å²) in [4.78, 5) is 34.5. The van der Waals surface area contributed by atoms with Gasteiger partial charge in [0.2, 0.25) is 5.91 Å². The van der Waals surface area contributed by atoms with Crippen molar-refractivity contribution in [2.75, 3.05) is 32.7 Å². The molecule has 7 nitrogen and oxygen atoms in total. The SMILES string of the molecule is COCCNC(=O)c1cccc(NC(=O)CCC(=O)OC)c1. The molecule has 120 valence electrons. The van der Waals surface area contributed by atoms with Gasteiger partial charge in [0.05, 0.1) is 20.1 Å². The molecule has 7 heteroatoms. The summed E-state index contributed by atoms with van der Waals surface area (Å²) in [5.74, 6) is -1.01. The lowest BCUT2D eigenvalue weighted by Gasteiger charge is -2.08. The van der Waals surface area contributed by atoms with Crippen molar-refractivity contribution in [2.24, 2.45) is 0 Å². The van der Waals surface area contributed by atoms with Crippen LogP contribution in [0.2, 0.25) is 0 Å². The smallest absolute Gasteiger partial charge is 0.306 e. The summed E-state index contributed by atoms with van der Waals surface area (Å²) < 4.78 is 9.32. The normalized spacial score (nSPS) is 9.91. The molecular weight excluding hydrogens is 288 g/mol. The highest BCUT2D eigenvalue weighted by Crippen LogP contribution is 2.11. The number of hydrogen-bond donors (Lipinski definition) is 2. The van der Waals surface area contributed by atoms with Crippen LogP contribution in [0.25, 0.3) is 0 Å². The third-order valence-electron chi connectivity index (χ3n) is 2.78. The molecule has 0 unspecified atom stereocenters. The van der Waals surface area contributed by atoms with Crippen molar-refractivity contribution in [2.45, 2.75) is 12.8 Å². The van der Waals surface area contributed by atoms with E-state index in [0.29, 0.717) is 24.4 Å². The Bertz CT molecular complexity index is 530. The summed E-state index contributed by atoms with van der Waals surface area (Å²) in [6.07, 6.45) is 0.0382. The van der Waals surface area contributed by atoms with E-state index < -0.39 is 5.97 Å². The Hall–Kier alpha value is -2.41. The van der Waals surface area contributed by atoms with Crippen LogP contribution in [0.4, 0.5) is 5.69 Å². The topological polar surface area (TPSA) is 93.7 Å². The van der Waals surface area contributed by atoms with Crippen molar-refractivity contribution in [3.8, 4) is 0 Å². The summed E-state index contributed by atoms with van der Waals surface area (Å²) in [5.41, 5.74) is 0.927. The number of ether oxygens (including phenoxy) is 2. The fourth-order valence-electron chi connectivity index (χ4n) is 1.65. The summed E-state index contributed by atoms with van der Waals surface area (Å²) in [7, 11) is 2.82. The first kappa shape index (κ1) is 17.6. The van der Waals surface area contributed by atoms with Crippen LogP contribution in [0, 0.1) is 0 Å². The standard InChI is InChI=1S/C15H20N2O5/c1-21-9-8-16-15(20)11-4-3-5-12(10-11)17-13(18)6-7-14(19)22-2/h3-5,10H,6-9H2,1-2H3,(H,16,20)(H,17,18). The molecule has 0 bridgehead atoms. The molecule has 0 aliphatic heterocycles.